The Morgan fingerprint density at radius 2 is 1.82 bits per heavy atom. The van der Waals surface area contributed by atoms with Crippen molar-refractivity contribution in [2.45, 2.75) is 57.8 Å². The number of carbonyl (C=O) groups is 5. The highest BCUT2D eigenvalue weighted by Gasteiger charge is 2.47. The lowest BCUT2D eigenvalue weighted by molar-refractivity contribution is -0.149. The van der Waals surface area contributed by atoms with Gasteiger partial charge in [-0.15, -0.1) is 0 Å². The molecule has 1 saturated heterocycles. The van der Waals surface area contributed by atoms with Crippen molar-refractivity contribution in [2.24, 2.45) is 7.05 Å². The summed E-state index contributed by atoms with van der Waals surface area (Å²) in [5.74, 6) is -1.78. The Bertz CT molecular complexity index is 2480. The van der Waals surface area contributed by atoms with E-state index in [9.17, 15) is 28.8 Å². The molecule has 17 nitrogen and oxygen atoms in total. The van der Waals surface area contributed by atoms with E-state index in [4.69, 9.17) is 13.9 Å². The molecule has 5 heterocycles. The minimum absolute atomic E-state index is 0.0696. The topological polar surface area (TPSA) is 208 Å². The van der Waals surface area contributed by atoms with Crippen molar-refractivity contribution in [3.8, 4) is 17.3 Å². The molecule has 2 aliphatic rings. The highest BCUT2D eigenvalue weighted by molar-refractivity contribution is 6.25. The van der Waals surface area contributed by atoms with Crippen molar-refractivity contribution in [1.82, 2.24) is 29.5 Å². The standard InChI is InChI=1S/C40H40N8O9/c1-22(21-55-40(2,3)17-18-41-26-8-6-7-25-34(26)39(54)48(37(25)52)30-13-16-32(49)46(4)38(30)53)56-24-10-11-27(42-20-24)35(51)43-23-9-14-31-29(19-23)44-36(57-31)28-12-15-33(50)47(5)45-28/h6-12,14-15,19-20,22,30,41H,13,16-18,21H2,1-5H3,(H,43,51). The number of nitrogens with zero attached hydrogens (tertiary/aromatic N) is 6. The molecule has 5 aromatic rings. The number of fused-ring (bicyclic) bond motifs is 2. The molecule has 2 unspecified atom stereocenters. The normalized spacial score (nSPS) is 16.3. The molecule has 2 aliphatic heterocycles. The number of piperidine rings is 1. The average molecular weight is 777 g/mol. The number of amides is 5. The lowest BCUT2D eigenvalue weighted by Gasteiger charge is -2.32. The van der Waals surface area contributed by atoms with Crippen LogP contribution in [0.3, 0.4) is 0 Å². The van der Waals surface area contributed by atoms with Crippen LogP contribution in [0.25, 0.3) is 22.7 Å². The molecule has 0 aliphatic carbocycles. The largest absolute Gasteiger partial charge is 0.487 e. The number of aromatic nitrogens is 4. The number of anilines is 2. The van der Waals surface area contributed by atoms with Gasteiger partial charge < -0.3 is 24.5 Å². The summed E-state index contributed by atoms with van der Waals surface area (Å²) in [5, 5.41) is 10.2. The van der Waals surface area contributed by atoms with E-state index in [0.717, 1.165) is 9.80 Å². The number of benzene rings is 2. The van der Waals surface area contributed by atoms with Crippen molar-refractivity contribution in [3.05, 3.63) is 94.0 Å². The number of likely N-dealkylation sites (tertiary alicyclic amines) is 1. The van der Waals surface area contributed by atoms with Gasteiger partial charge in [-0.05, 0) is 82.1 Å². The Hall–Kier alpha value is -6.75. The monoisotopic (exact) mass is 776 g/mol. The maximum atomic E-state index is 13.5. The number of imide groups is 2. The first-order valence-electron chi connectivity index (χ1n) is 18.3. The van der Waals surface area contributed by atoms with Gasteiger partial charge >= 0.3 is 0 Å². The molecule has 2 atom stereocenters. The summed E-state index contributed by atoms with van der Waals surface area (Å²) in [7, 11) is 2.89. The molecule has 0 saturated carbocycles. The van der Waals surface area contributed by atoms with Crippen molar-refractivity contribution in [1.29, 1.82) is 0 Å². The molecule has 294 valence electrons. The van der Waals surface area contributed by atoms with E-state index >= 15 is 0 Å². The smallest absolute Gasteiger partial charge is 0.274 e. The number of hydrogen-bond acceptors (Lipinski definition) is 13. The molecule has 0 radical (unpaired) electrons. The first-order chi connectivity index (χ1) is 27.2. The maximum absolute atomic E-state index is 13.5. The summed E-state index contributed by atoms with van der Waals surface area (Å²) in [4.78, 5) is 86.9. The fourth-order valence-electron chi connectivity index (χ4n) is 6.56. The quantitative estimate of drug-likeness (QED) is 0.162. The minimum atomic E-state index is -1.03. The third-order valence-electron chi connectivity index (χ3n) is 9.76. The van der Waals surface area contributed by atoms with E-state index in [0.29, 0.717) is 46.9 Å². The second-order valence-corrected chi connectivity index (χ2v) is 14.4. The number of carbonyl (C=O) groups excluding carboxylic acids is 5. The molecule has 0 bridgehead atoms. The van der Waals surface area contributed by atoms with Crippen LogP contribution in [0.2, 0.25) is 0 Å². The predicted molar refractivity (Wildman–Crippen MR) is 206 cm³/mol. The predicted octanol–water partition coefficient (Wildman–Crippen LogP) is 4.04. The fourth-order valence-corrected chi connectivity index (χ4v) is 6.56. The molecule has 2 N–H and O–H groups in total. The van der Waals surface area contributed by atoms with Gasteiger partial charge in [0.1, 0.15) is 34.8 Å². The number of nitrogens with one attached hydrogen (secondary N) is 2. The van der Waals surface area contributed by atoms with E-state index in [1.54, 1.807) is 48.5 Å². The average Bonchev–Trinajstić information content (AvgIpc) is 3.72. The summed E-state index contributed by atoms with van der Waals surface area (Å²) >= 11 is 0. The van der Waals surface area contributed by atoms with Gasteiger partial charge in [0.25, 0.3) is 29.2 Å². The maximum Gasteiger partial charge on any atom is 0.274 e. The van der Waals surface area contributed by atoms with Crippen LogP contribution < -0.4 is 20.9 Å². The van der Waals surface area contributed by atoms with E-state index in [-0.39, 0.29) is 59.7 Å². The molecular formula is C40H40N8O9. The highest BCUT2D eigenvalue weighted by Crippen LogP contribution is 2.33. The third kappa shape index (κ3) is 8.00. The fraction of sp³-hybridized carbons (Fsp3) is 0.325. The SMILES string of the molecule is CC(COC(C)(C)CCNc1cccc2c1C(=O)N(C1CCC(=O)N(C)C1=O)C2=O)Oc1ccc(C(=O)Nc2ccc3oc(-c4ccc(=O)n(C)n4)nc3c2)nc1. The van der Waals surface area contributed by atoms with Gasteiger partial charge in [0, 0.05) is 44.5 Å². The van der Waals surface area contributed by atoms with E-state index in [1.165, 1.54) is 37.1 Å². The second-order valence-electron chi connectivity index (χ2n) is 14.4. The zero-order chi connectivity index (χ0) is 40.6. The first kappa shape index (κ1) is 38.5. The van der Waals surface area contributed by atoms with Crippen LogP contribution in [0.5, 0.6) is 5.75 Å². The summed E-state index contributed by atoms with van der Waals surface area (Å²) in [6.45, 7) is 6.36. The molecule has 5 amide bonds. The van der Waals surface area contributed by atoms with E-state index < -0.39 is 35.3 Å². The molecule has 1 fully saturated rings. The Morgan fingerprint density at radius 3 is 2.58 bits per heavy atom. The van der Waals surface area contributed by atoms with Gasteiger partial charge in [-0.3, -0.25) is 38.6 Å². The highest BCUT2D eigenvalue weighted by atomic mass is 16.5. The molecule has 0 spiro atoms. The van der Waals surface area contributed by atoms with Gasteiger partial charge in [-0.1, -0.05) is 6.07 Å². The number of rotatable bonds is 13. The lowest BCUT2D eigenvalue weighted by Crippen LogP contribution is -2.54. The van der Waals surface area contributed by atoms with Gasteiger partial charge in [0.05, 0.1) is 29.5 Å². The summed E-state index contributed by atoms with van der Waals surface area (Å²) in [5.41, 5.74) is 2.05. The van der Waals surface area contributed by atoms with Gasteiger partial charge in [-0.25, -0.2) is 14.6 Å². The van der Waals surface area contributed by atoms with Gasteiger partial charge in [0.15, 0.2) is 5.58 Å². The summed E-state index contributed by atoms with van der Waals surface area (Å²) in [6, 6.07) is 15.0. The van der Waals surface area contributed by atoms with Crippen LogP contribution in [0.1, 0.15) is 71.2 Å². The molecule has 3 aromatic heterocycles. The lowest BCUT2D eigenvalue weighted by atomic mass is 10.0. The van der Waals surface area contributed by atoms with Crippen molar-refractivity contribution < 1.29 is 37.9 Å². The molecule has 2 aromatic carbocycles. The zero-order valence-corrected chi connectivity index (χ0v) is 31.9. The Kier molecular flexibility index (Phi) is 10.4. The zero-order valence-electron chi connectivity index (χ0n) is 31.9. The molecular weight excluding hydrogens is 736 g/mol. The van der Waals surface area contributed by atoms with E-state index in [1.807, 2.05) is 20.8 Å². The molecule has 57 heavy (non-hydrogen) atoms. The summed E-state index contributed by atoms with van der Waals surface area (Å²) in [6.07, 6.45) is 1.79. The Labute approximate surface area is 326 Å². The minimum Gasteiger partial charge on any atom is -0.487 e. The van der Waals surface area contributed by atoms with Crippen molar-refractivity contribution in [2.75, 3.05) is 30.8 Å². The van der Waals surface area contributed by atoms with Crippen LogP contribution >= 0.6 is 0 Å². The van der Waals surface area contributed by atoms with Gasteiger partial charge in [-0.2, -0.15) is 5.10 Å². The Balaban J connectivity index is 0.883. The van der Waals surface area contributed by atoms with Crippen LogP contribution in [0.4, 0.5) is 11.4 Å². The number of hydrogen-bond donors (Lipinski definition) is 2. The van der Waals surface area contributed by atoms with Crippen molar-refractivity contribution >= 4 is 52.0 Å². The van der Waals surface area contributed by atoms with Crippen molar-refractivity contribution in [3.63, 3.8) is 0 Å². The van der Waals surface area contributed by atoms with Crippen LogP contribution in [-0.2, 0) is 21.4 Å². The first-order valence-corrected chi connectivity index (χ1v) is 18.3. The van der Waals surface area contributed by atoms with Crippen LogP contribution in [0.15, 0.2) is 76.1 Å². The second kappa shape index (κ2) is 15.4. The third-order valence-corrected chi connectivity index (χ3v) is 9.76. The summed E-state index contributed by atoms with van der Waals surface area (Å²) < 4.78 is 19.1. The Morgan fingerprint density at radius 1 is 1.02 bits per heavy atom. The van der Waals surface area contributed by atoms with Crippen LogP contribution in [-0.4, -0.2) is 97.0 Å². The number of ether oxygens (including phenoxy) is 2. The molecule has 7 rings (SSSR count). The number of likely N-dealkylation sites (N-methyl/N-ethyl adjacent to an activating group) is 1. The molecule has 17 heteroatoms. The van der Waals surface area contributed by atoms with Gasteiger partial charge in [0.2, 0.25) is 11.8 Å². The number of aryl methyl sites for hydroxylation is 1. The van der Waals surface area contributed by atoms with Crippen LogP contribution in [0, 0.1) is 0 Å². The number of oxazole rings is 1. The van der Waals surface area contributed by atoms with E-state index in [2.05, 4.69) is 25.7 Å². The number of pyridine rings is 1.